The molecule has 0 spiro atoms. The van der Waals surface area contributed by atoms with Crippen LogP contribution >= 0.6 is 11.8 Å². The zero-order valence-electron chi connectivity index (χ0n) is 19.9. The molecule has 4 aromatic carbocycles. The first-order valence-corrected chi connectivity index (χ1v) is 12.2. The fraction of sp³-hybridized carbons (Fsp3) is 0.0690. The van der Waals surface area contributed by atoms with Gasteiger partial charge in [0.15, 0.2) is 0 Å². The first-order valence-electron chi connectivity index (χ1n) is 11.3. The normalized spacial score (nSPS) is 11.3. The van der Waals surface area contributed by atoms with Crippen LogP contribution < -0.4 is 15.4 Å². The summed E-state index contributed by atoms with van der Waals surface area (Å²) in [5.74, 6) is -0.919. The molecule has 0 saturated heterocycles. The van der Waals surface area contributed by atoms with E-state index < -0.39 is 11.2 Å². The van der Waals surface area contributed by atoms with Crippen molar-refractivity contribution in [1.82, 2.24) is 0 Å². The number of nitrogens with one attached hydrogen (secondary N) is 2. The van der Waals surface area contributed by atoms with Crippen molar-refractivity contribution >= 4 is 40.9 Å². The van der Waals surface area contributed by atoms with Gasteiger partial charge in [-0.3, -0.25) is 9.59 Å². The van der Waals surface area contributed by atoms with Gasteiger partial charge in [0.2, 0.25) is 5.91 Å². The van der Waals surface area contributed by atoms with Crippen LogP contribution in [0.1, 0.15) is 31.5 Å². The molecule has 4 aromatic rings. The van der Waals surface area contributed by atoms with E-state index in [2.05, 4.69) is 10.6 Å². The molecule has 1 unspecified atom stereocenters. The van der Waals surface area contributed by atoms with Crippen molar-refractivity contribution in [2.75, 3.05) is 17.7 Å². The Hall–Kier alpha value is -4.56. The molecule has 7 nitrogen and oxygen atoms in total. The van der Waals surface area contributed by atoms with E-state index in [1.807, 2.05) is 42.5 Å². The van der Waals surface area contributed by atoms with Gasteiger partial charge in [0.1, 0.15) is 11.0 Å². The van der Waals surface area contributed by atoms with E-state index in [1.54, 1.807) is 55.6 Å². The van der Waals surface area contributed by atoms with Gasteiger partial charge in [-0.1, -0.05) is 36.4 Å². The van der Waals surface area contributed by atoms with Crippen LogP contribution in [0.25, 0.3) is 0 Å². The number of methoxy groups -OCH3 is 1. The van der Waals surface area contributed by atoms with Crippen LogP contribution in [-0.2, 0) is 4.79 Å². The molecule has 0 saturated carbocycles. The van der Waals surface area contributed by atoms with Crippen molar-refractivity contribution in [3.8, 4) is 5.75 Å². The summed E-state index contributed by atoms with van der Waals surface area (Å²) in [5.41, 5.74) is 2.43. The molecule has 1 atom stereocenters. The number of carbonyl (C=O) groups is 3. The Balaban J connectivity index is 1.48. The number of anilines is 2. The van der Waals surface area contributed by atoms with E-state index >= 15 is 0 Å². The van der Waals surface area contributed by atoms with Crippen molar-refractivity contribution in [2.24, 2.45) is 0 Å². The highest BCUT2D eigenvalue weighted by atomic mass is 32.2. The summed E-state index contributed by atoms with van der Waals surface area (Å²) in [6.45, 7) is 0. The van der Waals surface area contributed by atoms with Crippen LogP contribution in [0.3, 0.4) is 0 Å². The Bertz CT molecular complexity index is 1390. The monoisotopic (exact) mass is 512 g/mol. The fourth-order valence-corrected chi connectivity index (χ4v) is 4.56. The van der Waals surface area contributed by atoms with Crippen LogP contribution in [0.2, 0.25) is 0 Å². The van der Waals surface area contributed by atoms with E-state index in [0.717, 1.165) is 10.5 Å². The second-order valence-corrected chi connectivity index (χ2v) is 9.17. The summed E-state index contributed by atoms with van der Waals surface area (Å²) in [6, 6.07) is 29.5. The lowest BCUT2D eigenvalue weighted by Gasteiger charge is -2.17. The number of hydrogen-bond donors (Lipinski definition) is 3. The van der Waals surface area contributed by atoms with Gasteiger partial charge in [-0.15, -0.1) is 11.8 Å². The minimum atomic E-state index is -1.07. The van der Waals surface area contributed by atoms with Gasteiger partial charge in [-0.2, -0.15) is 0 Å². The summed E-state index contributed by atoms with van der Waals surface area (Å²) in [6.07, 6.45) is 0. The number of benzene rings is 4. The Kier molecular flexibility index (Phi) is 8.22. The molecule has 186 valence electrons. The van der Waals surface area contributed by atoms with Crippen molar-refractivity contribution in [3.05, 3.63) is 120 Å². The minimum Gasteiger partial charge on any atom is -0.497 e. The zero-order valence-corrected chi connectivity index (χ0v) is 20.7. The Morgan fingerprint density at radius 3 is 2.11 bits per heavy atom. The largest absolute Gasteiger partial charge is 0.497 e. The lowest BCUT2D eigenvalue weighted by Crippen LogP contribution is -2.19. The third-order valence-corrected chi connectivity index (χ3v) is 6.70. The number of carboxylic acids is 1. The van der Waals surface area contributed by atoms with Gasteiger partial charge in [-0.05, 0) is 72.3 Å². The maximum Gasteiger partial charge on any atom is 0.335 e. The molecule has 0 radical (unpaired) electrons. The molecular formula is C29H24N2O5S. The smallest absolute Gasteiger partial charge is 0.335 e. The lowest BCUT2D eigenvalue weighted by atomic mass is 10.1. The van der Waals surface area contributed by atoms with E-state index in [1.165, 1.54) is 23.9 Å². The Morgan fingerprint density at radius 2 is 1.46 bits per heavy atom. The third-order valence-electron chi connectivity index (χ3n) is 5.44. The molecule has 0 aliphatic rings. The number of carbonyl (C=O) groups excluding carboxylic acids is 2. The van der Waals surface area contributed by atoms with Gasteiger partial charge in [0.25, 0.3) is 5.91 Å². The van der Waals surface area contributed by atoms with Crippen molar-refractivity contribution < 1.29 is 24.2 Å². The molecule has 0 fully saturated rings. The van der Waals surface area contributed by atoms with Crippen molar-refractivity contribution in [2.45, 2.75) is 10.1 Å². The van der Waals surface area contributed by atoms with E-state index in [0.29, 0.717) is 22.7 Å². The number of thioether (sulfide) groups is 1. The molecule has 0 aliphatic heterocycles. The summed E-state index contributed by atoms with van der Waals surface area (Å²) < 4.78 is 5.12. The van der Waals surface area contributed by atoms with Gasteiger partial charge in [0.05, 0.1) is 12.7 Å². The molecule has 0 aliphatic carbocycles. The van der Waals surface area contributed by atoms with Crippen LogP contribution in [0.4, 0.5) is 11.4 Å². The molecule has 2 amide bonds. The highest BCUT2D eigenvalue weighted by Gasteiger charge is 2.22. The van der Waals surface area contributed by atoms with Gasteiger partial charge in [-0.25, -0.2) is 4.79 Å². The number of amides is 2. The number of carboxylic acid groups (broad SMARTS) is 1. The highest BCUT2D eigenvalue weighted by Crippen LogP contribution is 2.36. The summed E-state index contributed by atoms with van der Waals surface area (Å²) in [7, 11) is 1.57. The van der Waals surface area contributed by atoms with Crippen LogP contribution in [0, 0.1) is 0 Å². The van der Waals surface area contributed by atoms with E-state index in [9.17, 15) is 19.5 Å². The van der Waals surface area contributed by atoms with E-state index in [-0.39, 0.29) is 17.4 Å². The Morgan fingerprint density at radius 1 is 0.757 bits per heavy atom. The average molecular weight is 513 g/mol. The van der Waals surface area contributed by atoms with E-state index in [4.69, 9.17) is 4.74 Å². The molecular weight excluding hydrogens is 488 g/mol. The van der Waals surface area contributed by atoms with Gasteiger partial charge < -0.3 is 20.5 Å². The molecule has 8 heteroatoms. The number of rotatable bonds is 9. The number of aromatic carboxylic acids is 1. The molecule has 3 N–H and O–H groups in total. The first kappa shape index (κ1) is 25.5. The zero-order chi connectivity index (χ0) is 26.2. The maximum atomic E-state index is 13.3. The topological polar surface area (TPSA) is 105 Å². The fourth-order valence-electron chi connectivity index (χ4n) is 3.54. The number of ether oxygens (including phenoxy) is 1. The van der Waals surface area contributed by atoms with Crippen molar-refractivity contribution in [3.63, 3.8) is 0 Å². The van der Waals surface area contributed by atoms with Gasteiger partial charge >= 0.3 is 5.97 Å². The maximum absolute atomic E-state index is 13.3. The summed E-state index contributed by atoms with van der Waals surface area (Å²) >= 11 is 1.35. The quantitative estimate of drug-likeness (QED) is 0.234. The predicted octanol–water partition coefficient (Wildman–Crippen LogP) is 6.12. The van der Waals surface area contributed by atoms with Crippen LogP contribution in [-0.4, -0.2) is 30.0 Å². The molecule has 4 rings (SSSR count). The predicted molar refractivity (Wildman–Crippen MR) is 144 cm³/mol. The Labute approximate surface area is 218 Å². The standard InChI is InChI=1S/C29H24N2O5S/c1-36-24-14-10-20(11-15-24)27(32)30-22-12-16-25(17-13-22)37-26(19-6-3-2-4-7-19)28(33)31-23-9-5-8-21(18-23)29(34)35/h2-18,26H,1H3,(H,30,32)(H,31,33)(H,34,35). The minimum absolute atomic E-state index is 0.0917. The molecule has 0 bridgehead atoms. The molecule has 37 heavy (non-hydrogen) atoms. The summed E-state index contributed by atoms with van der Waals surface area (Å²) in [4.78, 5) is 37.9. The molecule has 0 aromatic heterocycles. The SMILES string of the molecule is COc1ccc(C(=O)Nc2ccc(SC(C(=O)Nc3cccc(C(=O)O)c3)c3ccccc3)cc2)cc1. The lowest BCUT2D eigenvalue weighted by molar-refractivity contribution is -0.115. The summed E-state index contributed by atoms with van der Waals surface area (Å²) in [5, 5.41) is 14.3. The van der Waals surface area contributed by atoms with Crippen molar-refractivity contribution in [1.29, 1.82) is 0 Å². The average Bonchev–Trinajstić information content (AvgIpc) is 2.93. The second-order valence-electron chi connectivity index (χ2n) is 7.99. The number of hydrogen-bond acceptors (Lipinski definition) is 5. The molecule has 0 heterocycles. The third kappa shape index (κ3) is 6.77. The second kappa shape index (κ2) is 11.9. The highest BCUT2D eigenvalue weighted by molar-refractivity contribution is 8.00. The van der Waals surface area contributed by atoms with Gasteiger partial charge in [0, 0.05) is 21.8 Å². The van der Waals surface area contributed by atoms with Crippen LogP contribution in [0.5, 0.6) is 5.75 Å². The van der Waals surface area contributed by atoms with Crippen LogP contribution in [0.15, 0.2) is 108 Å². The first-order chi connectivity index (χ1) is 17.9.